The molecule has 11 heteroatoms. The first kappa shape index (κ1) is 23.8. The van der Waals surface area contributed by atoms with Gasteiger partial charge in [0.05, 0.1) is 10.0 Å². The molecule has 2 aromatic heterocycles. The van der Waals surface area contributed by atoms with Crippen LogP contribution in [0.4, 0.5) is 0 Å². The van der Waals surface area contributed by atoms with E-state index in [1.54, 1.807) is 21.9 Å². The van der Waals surface area contributed by atoms with Crippen LogP contribution in [0.3, 0.4) is 0 Å². The smallest absolute Gasteiger partial charge is 0.274 e. The average Bonchev–Trinajstić information content (AvgIpc) is 3.51. The second-order valence-electron chi connectivity index (χ2n) is 7.87. The summed E-state index contributed by atoms with van der Waals surface area (Å²) in [6, 6.07) is 10.4. The number of H-pyrrole nitrogens is 1. The van der Waals surface area contributed by atoms with Crippen molar-refractivity contribution in [3.8, 4) is 11.3 Å². The SMILES string of the molecule is CC(=O)N1CCN(C(=O)c2cc(C(=O)NCCc3ccc(-c4ccc(Cl)c(Cl)c4)o3)[nH]n2)CC1. The molecule has 0 spiro atoms. The van der Waals surface area contributed by atoms with Crippen LogP contribution in [0.2, 0.25) is 10.0 Å². The highest BCUT2D eigenvalue weighted by atomic mass is 35.5. The molecule has 2 N–H and O–H groups in total. The van der Waals surface area contributed by atoms with E-state index in [0.29, 0.717) is 60.7 Å². The summed E-state index contributed by atoms with van der Waals surface area (Å²) in [5, 5.41) is 10.3. The van der Waals surface area contributed by atoms with Gasteiger partial charge < -0.3 is 19.5 Å². The van der Waals surface area contributed by atoms with E-state index in [9.17, 15) is 14.4 Å². The number of aromatic amines is 1. The number of carbonyl (C=O) groups is 3. The van der Waals surface area contributed by atoms with Crippen LogP contribution in [0.25, 0.3) is 11.3 Å². The lowest BCUT2D eigenvalue weighted by atomic mass is 10.2. The van der Waals surface area contributed by atoms with Crippen LogP contribution in [0.1, 0.15) is 33.7 Å². The lowest BCUT2D eigenvalue weighted by Gasteiger charge is -2.33. The number of furan rings is 1. The minimum Gasteiger partial charge on any atom is -0.461 e. The molecule has 1 saturated heterocycles. The number of hydrogen-bond acceptors (Lipinski definition) is 5. The maximum absolute atomic E-state index is 12.7. The van der Waals surface area contributed by atoms with Gasteiger partial charge in [-0.1, -0.05) is 23.2 Å². The third-order valence-electron chi connectivity index (χ3n) is 5.58. The minimum atomic E-state index is -0.371. The van der Waals surface area contributed by atoms with E-state index in [1.165, 1.54) is 13.0 Å². The number of hydrogen-bond donors (Lipinski definition) is 2. The van der Waals surface area contributed by atoms with Crippen LogP contribution in [0, 0.1) is 0 Å². The topological polar surface area (TPSA) is 112 Å². The lowest BCUT2D eigenvalue weighted by Crippen LogP contribution is -2.50. The van der Waals surface area contributed by atoms with Crippen molar-refractivity contribution in [3.63, 3.8) is 0 Å². The van der Waals surface area contributed by atoms with Crippen molar-refractivity contribution in [2.45, 2.75) is 13.3 Å². The first-order valence-electron chi connectivity index (χ1n) is 10.7. The number of nitrogens with zero attached hydrogens (tertiary/aromatic N) is 3. The van der Waals surface area contributed by atoms with E-state index < -0.39 is 0 Å². The molecular weight excluding hydrogens is 481 g/mol. The zero-order valence-electron chi connectivity index (χ0n) is 18.4. The molecule has 3 heterocycles. The zero-order valence-corrected chi connectivity index (χ0v) is 19.9. The Bertz CT molecular complexity index is 1210. The van der Waals surface area contributed by atoms with Crippen LogP contribution in [-0.2, 0) is 11.2 Å². The number of amides is 3. The summed E-state index contributed by atoms with van der Waals surface area (Å²) in [7, 11) is 0. The van der Waals surface area contributed by atoms with Crippen molar-refractivity contribution in [2.75, 3.05) is 32.7 Å². The van der Waals surface area contributed by atoms with Gasteiger partial charge in [0, 0.05) is 57.7 Å². The molecule has 1 aromatic carbocycles. The van der Waals surface area contributed by atoms with E-state index >= 15 is 0 Å². The van der Waals surface area contributed by atoms with Gasteiger partial charge in [0.2, 0.25) is 5.91 Å². The maximum Gasteiger partial charge on any atom is 0.274 e. The van der Waals surface area contributed by atoms with E-state index in [2.05, 4.69) is 15.5 Å². The molecule has 3 aromatic rings. The van der Waals surface area contributed by atoms with E-state index in [0.717, 1.165) is 5.56 Å². The summed E-state index contributed by atoms with van der Waals surface area (Å²) in [5.41, 5.74) is 1.17. The molecule has 1 fully saturated rings. The molecular formula is C23H23Cl2N5O4. The van der Waals surface area contributed by atoms with Crippen LogP contribution in [-0.4, -0.2) is 70.4 Å². The Balaban J connectivity index is 1.27. The third kappa shape index (κ3) is 5.43. The van der Waals surface area contributed by atoms with Gasteiger partial charge in [-0.3, -0.25) is 19.5 Å². The Kier molecular flexibility index (Phi) is 7.23. The number of piperazine rings is 1. The van der Waals surface area contributed by atoms with Crippen LogP contribution < -0.4 is 5.32 Å². The predicted molar refractivity (Wildman–Crippen MR) is 127 cm³/mol. The van der Waals surface area contributed by atoms with Crippen molar-refractivity contribution in [2.24, 2.45) is 0 Å². The Labute approximate surface area is 206 Å². The molecule has 0 aliphatic carbocycles. The standard InChI is InChI=1S/C23H23Cl2N5O4/c1-14(31)29-8-10-30(11-9-29)23(33)20-13-19(27-28-20)22(32)26-7-6-16-3-5-21(34-16)15-2-4-17(24)18(25)12-15/h2-5,12-13H,6-11H2,1H3,(H,26,32)(H,27,28). The van der Waals surface area contributed by atoms with E-state index in [4.69, 9.17) is 27.6 Å². The largest absolute Gasteiger partial charge is 0.461 e. The highest BCUT2D eigenvalue weighted by molar-refractivity contribution is 6.42. The Morgan fingerprint density at radius 2 is 1.76 bits per heavy atom. The quantitative estimate of drug-likeness (QED) is 0.536. The normalized spacial score (nSPS) is 13.7. The molecule has 0 bridgehead atoms. The zero-order chi connectivity index (χ0) is 24.2. The second kappa shape index (κ2) is 10.3. The molecule has 34 heavy (non-hydrogen) atoms. The van der Waals surface area contributed by atoms with Gasteiger partial charge in [-0.05, 0) is 30.3 Å². The monoisotopic (exact) mass is 503 g/mol. The van der Waals surface area contributed by atoms with Crippen molar-refractivity contribution >= 4 is 40.9 Å². The first-order valence-corrected chi connectivity index (χ1v) is 11.5. The Morgan fingerprint density at radius 3 is 2.47 bits per heavy atom. The number of carbonyl (C=O) groups excluding carboxylic acids is 3. The lowest BCUT2D eigenvalue weighted by molar-refractivity contribution is -0.130. The van der Waals surface area contributed by atoms with Gasteiger partial charge in [0.25, 0.3) is 11.8 Å². The molecule has 0 radical (unpaired) electrons. The summed E-state index contributed by atoms with van der Waals surface area (Å²) in [6.07, 6.45) is 0.480. The highest BCUT2D eigenvalue weighted by Gasteiger charge is 2.25. The first-order chi connectivity index (χ1) is 16.3. The number of benzene rings is 1. The van der Waals surface area contributed by atoms with Gasteiger partial charge in [0.1, 0.15) is 17.2 Å². The van der Waals surface area contributed by atoms with Crippen LogP contribution >= 0.6 is 23.2 Å². The van der Waals surface area contributed by atoms with Gasteiger partial charge in [-0.2, -0.15) is 5.10 Å². The highest BCUT2D eigenvalue weighted by Crippen LogP contribution is 2.29. The molecule has 178 valence electrons. The predicted octanol–water partition coefficient (Wildman–Crippen LogP) is 3.25. The Hall–Kier alpha value is -3.30. The van der Waals surface area contributed by atoms with Crippen molar-refractivity contribution in [1.82, 2.24) is 25.3 Å². The fourth-order valence-electron chi connectivity index (χ4n) is 3.65. The summed E-state index contributed by atoms with van der Waals surface area (Å²) >= 11 is 12.0. The van der Waals surface area contributed by atoms with E-state index in [-0.39, 0.29) is 29.1 Å². The third-order valence-corrected chi connectivity index (χ3v) is 6.32. The fourth-order valence-corrected chi connectivity index (χ4v) is 3.94. The van der Waals surface area contributed by atoms with Crippen LogP contribution in [0.5, 0.6) is 0 Å². The number of halogens is 2. The van der Waals surface area contributed by atoms with Gasteiger partial charge >= 0.3 is 0 Å². The number of nitrogens with one attached hydrogen (secondary N) is 2. The molecule has 0 unspecified atom stereocenters. The molecule has 4 rings (SSSR count). The minimum absolute atomic E-state index is 0.00836. The van der Waals surface area contributed by atoms with Gasteiger partial charge in [0.15, 0.2) is 5.69 Å². The molecule has 0 saturated carbocycles. The average molecular weight is 504 g/mol. The van der Waals surface area contributed by atoms with E-state index in [1.807, 2.05) is 18.2 Å². The molecule has 3 amide bonds. The Morgan fingerprint density at radius 1 is 1.03 bits per heavy atom. The molecule has 1 aliphatic rings. The summed E-state index contributed by atoms with van der Waals surface area (Å²) in [4.78, 5) is 39.9. The van der Waals surface area contributed by atoms with Crippen molar-refractivity contribution < 1.29 is 18.8 Å². The van der Waals surface area contributed by atoms with Crippen molar-refractivity contribution in [3.05, 3.63) is 63.6 Å². The summed E-state index contributed by atoms with van der Waals surface area (Å²) in [5.74, 6) is 0.700. The number of aromatic nitrogens is 2. The van der Waals surface area contributed by atoms with Crippen LogP contribution in [0.15, 0.2) is 40.8 Å². The molecule has 0 atom stereocenters. The molecule has 1 aliphatic heterocycles. The number of rotatable bonds is 6. The van der Waals surface area contributed by atoms with Gasteiger partial charge in [-0.15, -0.1) is 0 Å². The van der Waals surface area contributed by atoms with Crippen molar-refractivity contribution in [1.29, 1.82) is 0 Å². The fraction of sp³-hybridized carbons (Fsp3) is 0.304. The second-order valence-corrected chi connectivity index (χ2v) is 8.68. The molecule has 9 nitrogen and oxygen atoms in total. The summed E-state index contributed by atoms with van der Waals surface area (Å²) < 4.78 is 5.83. The summed E-state index contributed by atoms with van der Waals surface area (Å²) in [6.45, 7) is 3.68. The van der Waals surface area contributed by atoms with Gasteiger partial charge in [-0.25, -0.2) is 0 Å². The maximum atomic E-state index is 12.7.